The van der Waals surface area contributed by atoms with Crippen molar-refractivity contribution in [3.8, 4) is 0 Å². The zero-order valence-corrected chi connectivity index (χ0v) is 18.1. The van der Waals surface area contributed by atoms with Gasteiger partial charge in [-0.25, -0.2) is 0 Å². The predicted molar refractivity (Wildman–Crippen MR) is 114 cm³/mol. The number of rotatable bonds is 5. The normalized spacial score (nSPS) is 20.0. The zero-order chi connectivity index (χ0) is 21.9. The molecule has 5 nitrogen and oxygen atoms in total. The smallest absolute Gasteiger partial charge is 0.369 e. The Morgan fingerprint density at radius 3 is 2.60 bits per heavy atom. The van der Waals surface area contributed by atoms with Crippen molar-refractivity contribution in [1.82, 2.24) is 10.2 Å². The number of amides is 2. The molecule has 1 N–H and O–H groups in total. The summed E-state index contributed by atoms with van der Waals surface area (Å²) < 4.78 is 40.1. The number of unbranched alkanes of at least 4 members (excludes halogenated alkanes) is 1. The number of halogens is 4. The van der Waals surface area contributed by atoms with E-state index in [4.69, 9.17) is 11.6 Å². The number of alkyl halides is 3. The van der Waals surface area contributed by atoms with E-state index in [1.165, 1.54) is 6.08 Å². The molecule has 0 atom stereocenters. The zero-order valence-electron chi connectivity index (χ0n) is 16.5. The molecule has 0 radical (unpaired) electrons. The molecule has 0 bridgehead atoms. The number of carbonyl (C=O) groups is 2. The third-order valence-corrected chi connectivity index (χ3v) is 6.18. The van der Waals surface area contributed by atoms with Gasteiger partial charge >= 0.3 is 6.18 Å². The minimum atomic E-state index is -4.58. The summed E-state index contributed by atoms with van der Waals surface area (Å²) in [4.78, 5) is 27.8. The van der Waals surface area contributed by atoms with Crippen molar-refractivity contribution >= 4 is 46.3 Å². The molecule has 0 aromatic heterocycles. The third-order valence-electron chi connectivity index (χ3n) is 5.08. The van der Waals surface area contributed by atoms with E-state index in [0.717, 1.165) is 51.0 Å². The van der Waals surface area contributed by atoms with Gasteiger partial charge in [0.15, 0.2) is 0 Å². The molecule has 0 unspecified atom stereocenters. The quantitative estimate of drug-likeness (QED) is 0.626. The highest BCUT2D eigenvalue weighted by molar-refractivity contribution is 8.18. The topological polar surface area (TPSA) is 52.6 Å². The van der Waals surface area contributed by atoms with Crippen LogP contribution in [0, 0.1) is 0 Å². The summed E-state index contributed by atoms with van der Waals surface area (Å²) in [5.41, 5.74) is -0.247. The Labute approximate surface area is 182 Å². The first-order valence-electron chi connectivity index (χ1n) is 9.82. The van der Waals surface area contributed by atoms with Crippen LogP contribution in [-0.2, 0) is 11.0 Å². The van der Waals surface area contributed by atoms with E-state index in [-0.39, 0.29) is 15.5 Å². The Kier molecular flexibility index (Phi) is 7.36. The van der Waals surface area contributed by atoms with Crippen molar-refractivity contribution in [2.45, 2.75) is 32.4 Å². The van der Waals surface area contributed by atoms with Crippen LogP contribution in [0.25, 0.3) is 6.08 Å². The standard InChI is InChI=1S/C20H23ClF3N3O2S/c1-2-3-5-26-6-4-7-27(9-8-26)17-13(11-16-18(28)25-19(29)30-16)10-14(12-15(17)21)20(22,23)24/h10-12H,2-9H2,1H3,(H,25,28,29). The van der Waals surface area contributed by atoms with Crippen molar-refractivity contribution in [3.05, 3.63) is 33.2 Å². The molecule has 2 amide bonds. The average Bonchev–Trinajstić information content (AvgIpc) is 2.85. The summed E-state index contributed by atoms with van der Waals surface area (Å²) in [5.74, 6) is -0.619. The third kappa shape index (κ3) is 5.50. The molecular formula is C20H23ClF3N3O2S. The van der Waals surface area contributed by atoms with Crippen molar-refractivity contribution in [2.75, 3.05) is 37.6 Å². The van der Waals surface area contributed by atoms with Crippen LogP contribution >= 0.6 is 23.4 Å². The van der Waals surface area contributed by atoms with Crippen molar-refractivity contribution < 1.29 is 22.8 Å². The van der Waals surface area contributed by atoms with E-state index >= 15 is 0 Å². The summed E-state index contributed by atoms with van der Waals surface area (Å²) in [6.45, 7) is 6.07. The van der Waals surface area contributed by atoms with Gasteiger partial charge in [0.25, 0.3) is 11.1 Å². The second-order valence-corrected chi connectivity index (χ2v) is 8.70. The molecule has 1 aromatic carbocycles. The maximum atomic E-state index is 13.4. The highest BCUT2D eigenvalue weighted by Crippen LogP contribution is 2.40. The number of carbonyl (C=O) groups excluding carboxylic acids is 2. The molecule has 0 aliphatic carbocycles. The van der Waals surface area contributed by atoms with Gasteiger partial charge in [0, 0.05) is 25.2 Å². The second kappa shape index (κ2) is 9.62. The lowest BCUT2D eigenvalue weighted by molar-refractivity contribution is -0.137. The number of hydrogen-bond donors (Lipinski definition) is 1. The number of thioether (sulfide) groups is 1. The van der Waals surface area contributed by atoms with Gasteiger partial charge in [-0.1, -0.05) is 24.9 Å². The maximum absolute atomic E-state index is 13.4. The summed E-state index contributed by atoms with van der Waals surface area (Å²) in [6, 6.07) is 1.91. The lowest BCUT2D eigenvalue weighted by Crippen LogP contribution is -2.32. The van der Waals surface area contributed by atoms with Gasteiger partial charge in [0.05, 0.1) is 21.2 Å². The molecule has 10 heteroatoms. The molecule has 2 heterocycles. The van der Waals surface area contributed by atoms with E-state index in [1.807, 2.05) is 4.90 Å². The largest absolute Gasteiger partial charge is 0.416 e. The molecule has 0 spiro atoms. The Hall–Kier alpha value is -1.71. The number of anilines is 1. The van der Waals surface area contributed by atoms with Crippen molar-refractivity contribution in [2.24, 2.45) is 0 Å². The molecule has 164 valence electrons. The lowest BCUT2D eigenvalue weighted by atomic mass is 10.1. The average molecular weight is 462 g/mol. The molecule has 0 saturated carbocycles. The van der Waals surface area contributed by atoms with E-state index in [1.54, 1.807) is 0 Å². The van der Waals surface area contributed by atoms with Gasteiger partial charge in [0.2, 0.25) is 0 Å². The number of nitrogens with zero attached hydrogens (tertiary/aromatic N) is 2. The van der Waals surface area contributed by atoms with Crippen LogP contribution in [0.1, 0.15) is 37.3 Å². The van der Waals surface area contributed by atoms with Gasteiger partial charge in [0.1, 0.15) is 0 Å². The van der Waals surface area contributed by atoms with E-state index in [0.29, 0.717) is 30.5 Å². The fraction of sp³-hybridized carbons (Fsp3) is 0.500. The number of imide groups is 1. The van der Waals surface area contributed by atoms with Crippen LogP contribution in [-0.4, -0.2) is 48.8 Å². The molecule has 2 aliphatic heterocycles. The lowest BCUT2D eigenvalue weighted by Gasteiger charge is -2.27. The van der Waals surface area contributed by atoms with Gasteiger partial charge < -0.3 is 9.80 Å². The predicted octanol–water partition coefficient (Wildman–Crippen LogP) is 4.99. The molecule has 2 fully saturated rings. The fourth-order valence-electron chi connectivity index (χ4n) is 3.59. The first-order chi connectivity index (χ1) is 14.2. The summed E-state index contributed by atoms with van der Waals surface area (Å²) in [6.07, 6.45) is -0.210. The molecule has 30 heavy (non-hydrogen) atoms. The van der Waals surface area contributed by atoms with Crippen LogP contribution in [0.4, 0.5) is 23.7 Å². The van der Waals surface area contributed by atoms with E-state index in [2.05, 4.69) is 17.1 Å². The number of nitrogens with one attached hydrogen (secondary N) is 1. The molecule has 1 aromatic rings. The van der Waals surface area contributed by atoms with Crippen LogP contribution in [0.5, 0.6) is 0 Å². The Bertz CT molecular complexity index is 860. The van der Waals surface area contributed by atoms with Crippen LogP contribution in [0.3, 0.4) is 0 Å². The molecule has 3 rings (SSSR count). The van der Waals surface area contributed by atoms with Crippen molar-refractivity contribution in [3.63, 3.8) is 0 Å². The van der Waals surface area contributed by atoms with Gasteiger partial charge in [-0.05, 0) is 55.9 Å². The second-order valence-electron chi connectivity index (χ2n) is 7.28. The number of hydrogen-bond acceptors (Lipinski definition) is 5. The first-order valence-corrected chi connectivity index (χ1v) is 11.0. The Morgan fingerprint density at radius 2 is 1.97 bits per heavy atom. The Balaban J connectivity index is 1.98. The highest BCUT2D eigenvalue weighted by Gasteiger charge is 2.33. The van der Waals surface area contributed by atoms with Gasteiger partial charge in [-0.2, -0.15) is 13.2 Å². The van der Waals surface area contributed by atoms with Crippen LogP contribution in [0.15, 0.2) is 17.0 Å². The van der Waals surface area contributed by atoms with Crippen LogP contribution in [0.2, 0.25) is 5.02 Å². The summed E-state index contributed by atoms with van der Waals surface area (Å²) in [7, 11) is 0. The van der Waals surface area contributed by atoms with E-state index < -0.39 is 22.9 Å². The van der Waals surface area contributed by atoms with E-state index in [9.17, 15) is 22.8 Å². The molecule has 2 aliphatic rings. The van der Waals surface area contributed by atoms with Gasteiger partial charge in [-0.3, -0.25) is 14.9 Å². The number of benzene rings is 1. The fourth-order valence-corrected chi connectivity index (χ4v) is 4.61. The minimum Gasteiger partial charge on any atom is -0.369 e. The monoisotopic (exact) mass is 461 g/mol. The van der Waals surface area contributed by atoms with Crippen LogP contribution < -0.4 is 10.2 Å². The summed E-state index contributed by atoms with van der Waals surface area (Å²) in [5, 5.41) is 1.55. The first kappa shape index (κ1) is 23.0. The highest BCUT2D eigenvalue weighted by atomic mass is 35.5. The van der Waals surface area contributed by atoms with Gasteiger partial charge in [-0.15, -0.1) is 0 Å². The Morgan fingerprint density at radius 1 is 1.20 bits per heavy atom. The molecule has 2 saturated heterocycles. The van der Waals surface area contributed by atoms with Crippen molar-refractivity contribution in [1.29, 1.82) is 0 Å². The molecular weight excluding hydrogens is 439 g/mol. The maximum Gasteiger partial charge on any atom is 0.416 e. The minimum absolute atomic E-state index is 0.0200. The SMILES string of the molecule is CCCCN1CCCN(c2c(Cl)cc(C(F)(F)F)cc2C=C2SC(=O)NC2=O)CC1. The summed E-state index contributed by atoms with van der Waals surface area (Å²) >= 11 is 7.01.